The van der Waals surface area contributed by atoms with Crippen molar-refractivity contribution in [3.8, 4) is 0 Å². The number of anilines is 1. The number of hydrogen-bond donors (Lipinski definition) is 2. The molecular weight excluding hydrogens is 280 g/mol. The predicted molar refractivity (Wildman–Crippen MR) is 85.7 cm³/mol. The summed E-state index contributed by atoms with van der Waals surface area (Å²) in [5, 5.41) is 2.86. The molecule has 1 aromatic rings. The van der Waals surface area contributed by atoms with E-state index in [0.29, 0.717) is 17.7 Å². The average Bonchev–Trinajstić information content (AvgIpc) is 2.99. The van der Waals surface area contributed by atoms with Crippen molar-refractivity contribution in [1.29, 1.82) is 0 Å². The Balaban J connectivity index is 2.05. The van der Waals surface area contributed by atoms with Gasteiger partial charge >= 0.3 is 0 Å². The third-order valence-corrected chi connectivity index (χ3v) is 4.10. The summed E-state index contributed by atoms with van der Waals surface area (Å²) in [7, 11) is 0. The topological polar surface area (TPSA) is 81.4 Å². The Morgan fingerprint density at radius 3 is 2.64 bits per heavy atom. The number of ether oxygens (including phenoxy) is 1. The summed E-state index contributed by atoms with van der Waals surface area (Å²) in [6.07, 6.45) is 4.75. The molecule has 1 unspecified atom stereocenters. The maximum Gasteiger partial charge on any atom is 0.253 e. The molecule has 5 nitrogen and oxygen atoms in total. The highest BCUT2D eigenvalue weighted by Crippen LogP contribution is 2.24. The molecule has 1 fully saturated rings. The van der Waals surface area contributed by atoms with Gasteiger partial charge in [-0.05, 0) is 43.9 Å². The van der Waals surface area contributed by atoms with Crippen LogP contribution in [-0.2, 0) is 9.53 Å². The molecule has 120 valence electrons. The Hall–Kier alpha value is -1.88. The molecule has 0 spiro atoms. The van der Waals surface area contributed by atoms with Crippen LogP contribution in [0.2, 0.25) is 0 Å². The number of amides is 2. The Labute approximate surface area is 131 Å². The molecule has 0 bridgehead atoms. The largest absolute Gasteiger partial charge is 0.366 e. The number of carbonyl (C=O) groups is 2. The van der Waals surface area contributed by atoms with Crippen LogP contribution in [0.5, 0.6) is 0 Å². The number of hydrogen-bond acceptors (Lipinski definition) is 3. The molecule has 2 rings (SSSR count). The van der Waals surface area contributed by atoms with Crippen molar-refractivity contribution in [1.82, 2.24) is 0 Å². The quantitative estimate of drug-likeness (QED) is 0.848. The number of aryl methyl sites for hydroxylation is 1. The molecular formula is C17H24N2O3. The smallest absolute Gasteiger partial charge is 0.253 e. The summed E-state index contributed by atoms with van der Waals surface area (Å²) < 4.78 is 5.91. The van der Waals surface area contributed by atoms with Crippen LogP contribution < -0.4 is 11.1 Å². The second-order valence-corrected chi connectivity index (χ2v) is 5.82. The van der Waals surface area contributed by atoms with Crippen molar-refractivity contribution in [3.05, 3.63) is 29.3 Å². The number of rotatable bonds is 6. The van der Waals surface area contributed by atoms with Gasteiger partial charge in [0.15, 0.2) is 0 Å². The van der Waals surface area contributed by atoms with Crippen LogP contribution in [0.4, 0.5) is 5.69 Å². The molecule has 5 heteroatoms. The SMILES string of the molecule is CCC(OC1CCCC1)C(=O)Nc1cc(C(N)=O)ccc1C. The molecule has 22 heavy (non-hydrogen) atoms. The second-order valence-electron chi connectivity index (χ2n) is 5.82. The van der Waals surface area contributed by atoms with Gasteiger partial charge in [0, 0.05) is 11.3 Å². The number of carbonyl (C=O) groups excluding carboxylic acids is 2. The molecule has 2 amide bonds. The van der Waals surface area contributed by atoms with E-state index in [1.54, 1.807) is 18.2 Å². The summed E-state index contributed by atoms with van der Waals surface area (Å²) in [6, 6.07) is 5.03. The summed E-state index contributed by atoms with van der Waals surface area (Å²) in [4.78, 5) is 23.7. The van der Waals surface area contributed by atoms with Crippen molar-refractivity contribution in [2.24, 2.45) is 5.73 Å². The summed E-state index contributed by atoms with van der Waals surface area (Å²) in [5.74, 6) is -0.677. The summed E-state index contributed by atoms with van der Waals surface area (Å²) in [6.45, 7) is 3.81. The van der Waals surface area contributed by atoms with Crippen LogP contribution in [-0.4, -0.2) is 24.0 Å². The third-order valence-electron chi connectivity index (χ3n) is 4.10. The van der Waals surface area contributed by atoms with Crippen LogP contribution in [0, 0.1) is 6.92 Å². The van der Waals surface area contributed by atoms with E-state index in [1.807, 2.05) is 13.8 Å². The number of nitrogens with two attached hydrogens (primary N) is 1. The van der Waals surface area contributed by atoms with E-state index in [0.717, 1.165) is 18.4 Å². The number of nitrogens with one attached hydrogen (secondary N) is 1. The zero-order chi connectivity index (χ0) is 16.1. The minimum absolute atomic E-state index is 0.167. The number of benzene rings is 1. The van der Waals surface area contributed by atoms with Crippen LogP contribution >= 0.6 is 0 Å². The van der Waals surface area contributed by atoms with Crippen molar-refractivity contribution in [2.45, 2.75) is 58.2 Å². The average molecular weight is 304 g/mol. The molecule has 1 saturated carbocycles. The van der Waals surface area contributed by atoms with Gasteiger partial charge in [-0.3, -0.25) is 9.59 Å². The standard InChI is InChI=1S/C17H24N2O3/c1-3-15(22-13-6-4-5-7-13)17(21)19-14-10-12(16(18)20)9-8-11(14)2/h8-10,13,15H,3-7H2,1-2H3,(H2,18,20)(H,19,21). The Morgan fingerprint density at radius 1 is 1.36 bits per heavy atom. The summed E-state index contributed by atoms with van der Waals surface area (Å²) >= 11 is 0. The highest BCUT2D eigenvalue weighted by molar-refractivity contribution is 5.98. The van der Waals surface area contributed by atoms with Crippen LogP contribution in [0.3, 0.4) is 0 Å². The first kappa shape index (κ1) is 16.5. The monoisotopic (exact) mass is 304 g/mol. The van der Waals surface area contributed by atoms with Crippen LogP contribution in [0.1, 0.15) is 54.9 Å². The lowest BCUT2D eigenvalue weighted by Gasteiger charge is -2.21. The Bertz CT molecular complexity index is 551. The first-order valence-electron chi connectivity index (χ1n) is 7.88. The van der Waals surface area contributed by atoms with E-state index in [2.05, 4.69) is 5.32 Å². The first-order valence-corrected chi connectivity index (χ1v) is 7.88. The van der Waals surface area contributed by atoms with Gasteiger partial charge in [0.05, 0.1) is 6.10 Å². The molecule has 1 aliphatic rings. The Morgan fingerprint density at radius 2 is 2.05 bits per heavy atom. The summed E-state index contributed by atoms with van der Waals surface area (Å²) in [5.41, 5.74) is 7.15. The van der Waals surface area contributed by atoms with Crippen molar-refractivity contribution in [3.63, 3.8) is 0 Å². The minimum atomic E-state index is -0.509. The number of primary amides is 1. The van der Waals surface area contributed by atoms with E-state index < -0.39 is 12.0 Å². The highest BCUT2D eigenvalue weighted by Gasteiger charge is 2.24. The fraction of sp³-hybridized carbons (Fsp3) is 0.529. The van der Waals surface area contributed by atoms with Crippen molar-refractivity contribution < 1.29 is 14.3 Å². The lowest BCUT2D eigenvalue weighted by atomic mass is 10.1. The lowest BCUT2D eigenvalue weighted by molar-refractivity contribution is -0.131. The van der Waals surface area contributed by atoms with E-state index in [4.69, 9.17) is 10.5 Å². The predicted octanol–water partition coefficient (Wildman–Crippen LogP) is 2.77. The zero-order valence-electron chi connectivity index (χ0n) is 13.2. The van der Waals surface area contributed by atoms with Gasteiger partial charge in [-0.25, -0.2) is 0 Å². The molecule has 1 aliphatic carbocycles. The molecule has 1 atom stereocenters. The van der Waals surface area contributed by atoms with Crippen LogP contribution in [0.25, 0.3) is 0 Å². The van der Waals surface area contributed by atoms with Gasteiger partial charge < -0.3 is 15.8 Å². The van der Waals surface area contributed by atoms with E-state index in [-0.39, 0.29) is 12.0 Å². The molecule has 0 aromatic heterocycles. The lowest BCUT2D eigenvalue weighted by Crippen LogP contribution is -2.33. The first-order chi connectivity index (χ1) is 10.5. The molecule has 0 heterocycles. The molecule has 0 aliphatic heterocycles. The molecule has 3 N–H and O–H groups in total. The van der Waals surface area contributed by atoms with E-state index in [9.17, 15) is 9.59 Å². The third kappa shape index (κ3) is 4.07. The van der Waals surface area contributed by atoms with E-state index >= 15 is 0 Å². The fourth-order valence-electron chi connectivity index (χ4n) is 2.72. The molecule has 0 radical (unpaired) electrons. The zero-order valence-corrected chi connectivity index (χ0v) is 13.2. The normalized spacial score (nSPS) is 16.5. The fourth-order valence-corrected chi connectivity index (χ4v) is 2.72. The van der Waals surface area contributed by atoms with Gasteiger partial charge in [0.25, 0.3) is 5.91 Å². The second kappa shape index (κ2) is 7.40. The van der Waals surface area contributed by atoms with Gasteiger partial charge in [0.2, 0.25) is 5.91 Å². The van der Waals surface area contributed by atoms with Crippen molar-refractivity contribution in [2.75, 3.05) is 5.32 Å². The molecule has 0 saturated heterocycles. The van der Waals surface area contributed by atoms with Crippen LogP contribution in [0.15, 0.2) is 18.2 Å². The van der Waals surface area contributed by atoms with Gasteiger partial charge in [-0.15, -0.1) is 0 Å². The molecule has 1 aromatic carbocycles. The van der Waals surface area contributed by atoms with Gasteiger partial charge in [-0.2, -0.15) is 0 Å². The van der Waals surface area contributed by atoms with Gasteiger partial charge in [-0.1, -0.05) is 25.8 Å². The van der Waals surface area contributed by atoms with E-state index in [1.165, 1.54) is 12.8 Å². The maximum absolute atomic E-state index is 12.4. The minimum Gasteiger partial charge on any atom is -0.366 e. The van der Waals surface area contributed by atoms with Crippen molar-refractivity contribution >= 4 is 17.5 Å². The highest BCUT2D eigenvalue weighted by atomic mass is 16.5. The Kier molecular flexibility index (Phi) is 5.55. The maximum atomic E-state index is 12.4. The van der Waals surface area contributed by atoms with Gasteiger partial charge in [0.1, 0.15) is 6.10 Å².